The van der Waals surface area contributed by atoms with Crippen LogP contribution in [0, 0.1) is 41.4 Å². The molecule has 2 bridgehead atoms. The fourth-order valence-corrected chi connectivity index (χ4v) is 6.17. The van der Waals surface area contributed by atoms with E-state index in [1.807, 2.05) is 14.1 Å². The first-order valence-corrected chi connectivity index (χ1v) is 9.32. The summed E-state index contributed by atoms with van der Waals surface area (Å²) in [4.78, 5) is 15.3. The summed E-state index contributed by atoms with van der Waals surface area (Å²) in [6.07, 6.45) is 5.40. The van der Waals surface area contributed by atoms with Crippen LogP contribution in [-0.4, -0.2) is 47.1 Å². The highest BCUT2D eigenvalue weighted by atomic mass is 16.3. The van der Waals surface area contributed by atoms with Crippen molar-refractivity contribution in [3.8, 4) is 0 Å². The summed E-state index contributed by atoms with van der Waals surface area (Å²) in [6, 6.07) is 0.156. The number of hydrogen-bond donors (Lipinski definition) is 2. The largest absolute Gasteiger partial charge is 0.512 e. The minimum Gasteiger partial charge on any atom is -0.512 e. The minimum atomic E-state index is -0.559. The van der Waals surface area contributed by atoms with Gasteiger partial charge in [-0.15, -0.1) is 0 Å². The van der Waals surface area contributed by atoms with Gasteiger partial charge in [-0.05, 0) is 51.1 Å². The Labute approximate surface area is 144 Å². The van der Waals surface area contributed by atoms with Crippen molar-refractivity contribution in [1.29, 1.82) is 0 Å². The van der Waals surface area contributed by atoms with Gasteiger partial charge in [0, 0.05) is 35.8 Å². The molecule has 2 saturated carbocycles. The highest BCUT2D eigenvalue weighted by Crippen LogP contribution is 2.59. The predicted octanol–water partition coefficient (Wildman–Crippen LogP) is 2.40. The Morgan fingerprint density at radius 1 is 1.21 bits per heavy atom. The number of hydrogen-bond acceptors (Lipinski definition) is 4. The molecule has 4 aliphatic carbocycles. The Morgan fingerprint density at radius 3 is 2.54 bits per heavy atom. The van der Waals surface area contributed by atoms with Crippen molar-refractivity contribution in [3.05, 3.63) is 23.5 Å². The Bertz CT molecular complexity index is 622. The second-order valence-electron chi connectivity index (χ2n) is 8.72. The number of fused-ring (bicyclic) bond motifs is 6. The third kappa shape index (κ3) is 2.02. The van der Waals surface area contributed by atoms with E-state index in [4.69, 9.17) is 0 Å². The van der Waals surface area contributed by atoms with Crippen molar-refractivity contribution < 1.29 is 15.0 Å². The molecule has 0 aromatic rings. The molecule has 24 heavy (non-hydrogen) atoms. The first kappa shape index (κ1) is 16.3. The molecule has 4 heteroatoms. The van der Waals surface area contributed by atoms with Crippen LogP contribution in [0.5, 0.6) is 0 Å². The molecular weight excluding hydrogens is 302 g/mol. The molecule has 4 aliphatic rings. The molecular formula is C20H29NO3. The zero-order chi connectivity index (χ0) is 17.3. The quantitative estimate of drug-likeness (QED) is 0.763. The van der Waals surface area contributed by atoms with Crippen LogP contribution in [0.1, 0.15) is 26.7 Å². The zero-order valence-corrected chi connectivity index (χ0v) is 15.0. The van der Waals surface area contributed by atoms with Gasteiger partial charge in [-0.1, -0.05) is 19.1 Å². The smallest absolute Gasteiger partial charge is 0.166 e. The van der Waals surface area contributed by atoms with E-state index >= 15 is 0 Å². The fraction of sp³-hybridized carbons (Fsp3) is 0.750. The highest BCUT2D eigenvalue weighted by molar-refractivity contribution is 6.00. The van der Waals surface area contributed by atoms with Gasteiger partial charge in [-0.3, -0.25) is 4.79 Å². The number of allylic oxidation sites excluding steroid dienone is 3. The van der Waals surface area contributed by atoms with Crippen LogP contribution in [0.2, 0.25) is 0 Å². The third-order valence-electron chi connectivity index (χ3n) is 7.58. The predicted molar refractivity (Wildman–Crippen MR) is 92.3 cm³/mol. The Balaban J connectivity index is 1.74. The van der Waals surface area contributed by atoms with E-state index in [1.54, 1.807) is 0 Å². The second-order valence-corrected chi connectivity index (χ2v) is 8.72. The van der Waals surface area contributed by atoms with Gasteiger partial charge in [0.2, 0.25) is 0 Å². The van der Waals surface area contributed by atoms with Gasteiger partial charge in [-0.2, -0.15) is 0 Å². The van der Waals surface area contributed by atoms with Gasteiger partial charge in [0.05, 0.1) is 11.9 Å². The lowest BCUT2D eigenvalue weighted by Gasteiger charge is -2.49. The van der Waals surface area contributed by atoms with Crippen molar-refractivity contribution in [1.82, 2.24) is 4.90 Å². The first-order chi connectivity index (χ1) is 11.3. The van der Waals surface area contributed by atoms with Crippen LogP contribution < -0.4 is 0 Å². The van der Waals surface area contributed by atoms with E-state index in [1.165, 1.54) is 0 Å². The summed E-state index contributed by atoms with van der Waals surface area (Å²) in [5, 5.41) is 21.9. The van der Waals surface area contributed by atoms with Gasteiger partial charge in [-0.25, -0.2) is 0 Å². The monoisotopic (exact) mass is 331 g/mol. The van der Waals surface area contributed by atoms with E-state index in [2.05, 4.69) is 30.9 Å². The zero-order valence-electron chi connectivity index (χ0n) is 15.0. The van der Waals surface area contributed by atoms with Gasteiger partial charge < -0.3 is 15.1 Å². The van der Waals surface area contributed by atoms with Gasteiger partial charge >= 0.3 is 0 Å². The number of carbonyl (C=O) groups excluding carboxylic acids is 1. The van der Waals surface area contributed by atoms with E-state index in [0.717, 1.165) is 6.42 Å². The van der Waals surface area contributed by atoms with Crippen LogP contribution in [0.25, 0.3) is 0 Å². The van der Waals surface area contributed by atoms with Crippen LogP contribution in [0.4, 0.5) is 0 Å². The molecule has 2 fully saturated rings. The van der Waals surface area contributed by atoms with Crippen molar-refractivity contribution in [2.24, 2.45) is 41.4 Å². The molecule has 0 radical (unpaired) electrons. The van der Waals surface area contributed by atoms with Gasteiger partial charge in [0.25, 0.3) is 0 Å². The maximum absolute atomic E-state index is 13.2. The maximum atomic E-state index is 13.2. The van der Waals surface area contributed by atoms with Gasteiger partial charge in [0.15, 0.2) is 5.78 Å². The van der Waals surface area contributed by atoms with E-state index in [-0.39, 0.29) is 41.3 Å². The SMILES string of the molecule is CC1C2C(=C(O)CC(C(C)N(C)C)C2O)C(=O)C2C3C=CC(C3)C12. The summed E-state index contributed by atoms with van der Waals surface area (Å²) in [5.74, 6) is 1.52. The molecule has 4 rings (SSSR count). The average molecular weight is 331 g/mol. The number of nitrogens with zero attached hydrogens (tertiary/aromatic N) is 1. The fourth-order valence-electron chi connectivity index (χ4n) is 6.17. The highest BCUT2D eigenvalue weighted by Gasteiger charge is 2.59. The van der Waals surface area contributed by atoms with Crippen molar-refractivity contribution in [2.45, 2.75) is 38.8 Å². The molecule has 9 atom stereocenters. The molecule has 9 unspecified atom stereocenters. The summed E-state index contributed by atoms with van der Waals surface area (Å²) < 4.78 is 0. The molecule has 0 aromatic carbocycles. The van der Waals surface area contributed by atoms with Crippen LogP contribution in [-0.2, 0) is 4.79 Å². The number of rotatable bonds is 2. The van der Waals surface area contributed by atoms with E-state index in [0.29, 0.717) is 29.7 Å². The van der Waals surface area contributed by atoms with Crippen LogP contribution in [0.15, 0.2) is 23.5 Å². The third-order valence-corrected chi connectivity index (χ3v) is 7.58. The summed E-state index contributed by atoms with van der Waals surface area (Å²) in [5.41, 5.74) is 0.555. The number of aliphatic hydroxyl groups excluding tert-OH is 2. The summed E-state index contributed by atoms with van der Waals surface area (Å²) >= 11 is 0. The van der Waals surface area contributed by atoms with Crippen molar-refractivity contribution in [2.75, 3.05) is 14.1 Å². The molecule has 0 heterocycles. The lowest BCUT2D eigenvalue weighted by atomic mass is 9.56. The lowest BCUT2D eigenvalue weighted by molar-refractivity contribution is -0.130. The molecule has 0 aromatic heterocycles. The standard InChI is InChI=1S/C20H29NO3/c1-9-15-11-5-6-12(7-11)17(15)20(24)18-14(22)8-13(10(2)21(3)4)19(23)16(9)18/h5-6,9-13,15-17,19,22-23H,7-8H2,1-4H3. The number of carbonyl (C=O) groups is 1. The van der Waals surface area contributed by atoms with Gasteiger partial charge in [0.1, 0.15) is 0 Å². The van der Waals surface area contributed by atoms with Crippen molar-refractivity contribution in [3.63, 3.8) is 0 Å². The number of Topliss-reactive ketones (excluding diaryl/α,β-unsaturated/α-hetero) is 1. The molecule has 0 saturated heterocycles. The Morgan fingerprint density at radius 2 is 1.88 bits per heavy atom. The number of aliphatic hydroxyl groups is 2. The lowest BCUT2D eigenvalue weighted by Crippen LogP contribution is -2.54. The van der Waals surface area contributed by atoms with Crippen LogP contribution in [0.3, 0.4) is 0 Å². The number of ketones is 1. The molecule has 2 N–H and O–H groups in total. The maximum Gasteiger partial charge on any atom is 0.166 e. The summed E-state index contributed by atoms with van der Waals surface area (Å²) in [7, 11) is 4.00. The van der Waals surface area contributed by atoms with E-state index < -0.39 is 6.10 Å². The molecule has 0 spiro atoms. The van der Waals surface area contributed by atoms with Crippen molar-refractivity contribution >= 4 is 5.78 Å². The molecule has 0 amide bonds. The average Bonchev–Trinajstić information content (AvgIpc) is 3.14. The Hall–Kier alpha value is -1.13. The topological polar surface area (TPSA) is 60.8 Å². The Kier molecular flexibility index (Phi) is 3.70. The van der Waals surface area contributed by atoms with E-state index in [9.17, 15) is 15.0 Å². The molecule has 0 aliphatic heterocycles. The normalized spacial score (nSPS) is 48.0. The van der Waals surface area contributed by atoms with Crippen LogP contribution >= 0.6 is 0 Å². The minimum absolute atomic E-state index is 0.0263. The molecule has 4 nitrogen and oxygen atoms in total. The molecule has 132 valence electrons. The second kappa shape index (κ2) is 5.43. The summed E-state index contributed by atoms with van der Waals surface area (Å²) in [6.45, 7) is 4.27. The first-order valence-electron chi connectivity index (χ1n) is 9.32.